The average molecular weight is 427 g/mol. The number of aliphatic hydroxyl groups is 1. The number of nitrogens with zero attached hydrogens (tertiary/aromatic N) is 1. The second-order valence-electron chi connectivity index (χ2n) is 6.63. The first-order valence-corrected chi connectivity index (χ1v) is 10.5. The lowest BCUT2D eigenvalue weighted by molar-refractivity contribution is -0.124. The summed E-state index contributed by atoms with van der Waals surface area (Å²) in [6.45, 7) is 0.0631. The minimum absolute atomic E-state index is 0.121. The number of carbonyl (C=O) groups is 2. The van der Waals surface area contributed by atoms with Crippen molar-refractivity contribution < 1.29 is 14.7 Å². The predicted molar refractivity (Wildman–Crippen MR) is 120 cm³/mol. The Bertz CT molecular complexity index is 901. The van der Waals surface area contributed by atoms with Crippen LogP contribution < -0.4 is 5.32 Å². The molecule has 7 heteroatoms. The molecule has 1 aliphatic rings. The fraction of sp³-hybridized carbons (Fsp3) is 0.227. The van der Waals surface area contributed by atoms with E-state index in [4.69, 9.17) is 12.2 Å². The van der Waals surface area contributed by atoms with Crippen molar-refractivity contribution >= 4 is 46.2 Å². The van der Waals surface area contributed by atoms with E-state index < -0.39 is 0 Å². The normalized spacial score (nSPS) is 16.3. The number of hydrogen-bond donors (Lipinski definition) is 2. The molecule has 0 aliphatic carbocycles. The van der Waals surface area contributed by atoms with Gasteiger partial charge in [0.1, 0.15) is 4.32 Å². The molecule has 5 nitrogen and oxygen atoms in total. The van der Waals surface area contributed by atoms with Crippen LogP contribution in [0.2, 0.25) is 0 Å². The van der Waals surface area contributed by atoms with E-state index in [1.54, 1.807) is 6.08 Å². The molecular formula is C22H22N2O3S2. The molecule has 1 saturated heterocycles. The van der Waals surface area contributed by atoms with Crippen LogP contribution in [-0.2, 0) is 16.0 Å². The molecule has 150 valence electrons. The second-order valence-corrected chi connectivity index (χ2v) is 8.31. The van der Waals surface area contributed by atoms with Crippen molar-refractivity contribution in [2.45, 2.75) is 18.9 Å². The zero-order valence-corrected chi connectivity index (χ0v) is 17.4. The van der Waals surface area contributed by atoms with Crippen LogP contribution >= 0.6 is 24.0 Å². The molecule has 0 unspecified atom stereocenters. The van der Waals surface area contributed by atoms with E-state index in [2.05, 4.69) is 5.32 Å². The SMILES string of the molecule is O=C(CCN1C(=O)/C(=C\c2ccccc2)SC1=S)N[C@H](CO)Cc1ccccc1. The van der Waals surface area contributed by atoms with Crippen LogP contribution in [0.15, 0.2) is 65.6 Å². The largest absolute Gasteiger partial charge is 0.394 e. The van der Waals surface area contributed by atoms with Crippen LogP contribution in [0.25, 0.3) is 6.08 Å². The number of amides is 2. The molecule has 2 N–H and O–H groups in total. The molecule has 2 amide bonds. The van der Waals surface area contributed by atoms with Gasteiger partial charge in [-0.2, -0.15) is 0 Å². The molecule has 0 bridgehead atoms. The fourth-order valence-electron chi connectivity index (χ4n) is 2.97. The third-order valence-corrected chi connectivity index (χ3v) is 5.82. The topological polar surface area (TPSA) is 69.6 Å². The lowest BCUT2D eigenvalue weighted by atomic mass is 10.1. The van der Waals surface area contributed by atoms with Crippen molar-refractivity contribution in [3.63, 3.8) is 0 Å². The van der Waals surface area contributed by atoms with Gasteiger partial charge in [0.05, 0.1) is 17.6 Å². The molecule has 1 aliphatic heterocycles. The van der Waals surface area contributed by atoms with E-state index in [0.29, 0.717) is 15.6 Å². The Morgan fingerprint density at radius 2 is 1.79 bits per heavy atom. The van der Waals surface area contributed by atoms with Crippen LogP contribution in [0, 0.1) is 0 Å². The molecule has 0 spiro atoms. The Labute approximate surface area is 179 Å². The Kier molecular flexibility index (Phi) is 7.57. The van der Waals surface area contributed by atoms with Gasteiger partial charge < -0.3 is 10.4 Å². The van der Waals surface area contributed by atoms with Gasteiger partial charge in [-0.3, -0.25) is 14.5 Å². The van der Waals surface area contributed by atoms with Crippen molar-refractivity contribution in [2.75, 3.05) is 13.2 Å². The first kappa shape index (κ1) is 21.2. The molecular weight excluding hydrogens is 404 g/mol. The van der Waals surface area contributed by atoms with E-state index in [0.717, 1.165) is 11.1 Å². The highest BCUT2D eigenvalue weighted by Gasteiger charge is 2.32. The number of hydrogen-bond acceptors (Lipinski definition) is 5. The Hall–Kier alpha value is -2.48. The number of carbonyl (C=O) groups excluding carboxylic acids is 2. The van der Waals surface area contributed by atoms with Crippen molar-refractivity contribution in [1.29, 1.82) is 0 Å². The van der Waals surface area contributed by atoms with Gasteiger partial charge in [-0.15, -0.1) is 0 Å². The first-order valence-electron chi connectivity index (χ1n) is 9.31. The first-order chi connectivity index (χ1) is 14.1. The van der Waals surface area contributed by atoms with Crippen molar-refractivity contribution in [3.8, 4) is 0 Å². The smallest absolute Gasteiger partial charge is 0.266 e. The molecule has 3 rings (SSSR count). The molecule has 29 heavy (non-hydrogen) atoms. The fourth-order valence-corrected chi connectivity index (χ4v) is 4.28. The maximum absolute atomic E-state index is 12.6. The van der Waals surface area contributed by atoms with Gasteiger partial charge in [0.25, 0.3) is 5.91 Å². The predicted octanol–water partition coefficient (Wildman–Crippen LogP) is 3.00. The number of aliphatic hydroxyl groups excluding tert-OH is 1. The van der Waals surface area contributed by atoms with Crippen LogP contribution in [0.1, 0.15) is 17.5 Å². The van der Waals surface area contributed by atoms with Crippen LogP contribution in [0.4, 0.5) is 0 Å². The van der Waals surface area contributed by atoms with Crippen LogP contribution in [0.3, 0.4) is 0 Å². The summed E-state index contributed by atoms with van der Waals surface area (Å²) in [5.74, 6) is -0.402. The highest BCUT2D eigenvalue weighted by Crippen LogP contribution is 2.32. The summed E-state index contributed by atoms with van der Waals surface area (Å²) in [6.07, 6.45) is 2.47. The summed E-state index contributed by atoms with van der Waals surface area (Å²) < 4.78 is 0.452. The average Bonchev–Trinajstić information content (AvgIpc) is 3.00. The van der Waals surface area contributed by atoms with Gasteiger partial charge in [0, 0.05) is 13.0 Å². The van der Waals surface area contributed by atoms with Crippen molar-refractivity contribution in [2.24, 2.45) is 0 Å². The lowest BCUT2D eigenvalue weighted by Crippen LogP contribution is -2.41. The van der Waals surface area contributed by atoms with Crippen molar-refractivity contribution in [3.05, 3.63) is 76.7 Å². The Balaban J connectivity index is 1.53. The number of thiocarbonyl (C=S) groups is 1. The highest BCUT2D eigenvalue weighted by atomic mass is 32.2. The molecule has 2 aromatic carbocycles. The van der Waals surface area contributed by atoms with E-state index in [-0.39, 0.29) is 37.4 Å². The standard InChI is InChI=1S/C22H22N2O3S2/c25-15-18(13-16-7-3-1-4-8-16)23-20(26)11-12-24-21(27)19(29-22(24)28)14-17-9-5-2-6-10-17/h1-10,14,18,25H,11-13,15H2,(H,23,26)/b19-14+/t18-/m0/s1. The van der Waals surface area contributed by atoms with E-state index in [1.807, 2.05) is 60.7 Å². The van der Waals surface area contributed by atoms with Gasteiger partial charge in [-0.1, -0.05) is 84.6 Å². The summed E-state index contributed by atoms with van der Waals surface area (Å²) in [5, 5.41) is 12.4. The quantitative estimate of drug-likeness (QED) is 0.502. The molecule has 0 aromatic heterocycles. The summed E-state index contributed by atoms with van der Waals surface area (Å²) in [5.41, 5.74) is 1.97. The van der Waals surface area contributed by atoms with Crippen LogP contribution in [0.5, 0.6) is 0 Å². The van der Waals surface area contributed by atoms with E-state index in [9.17, 15) is 14.7 Å². The van der Waals surface area contributed by atoms with Gasteiger partial charge in [-0.05, 0) is 23.6 Å². The minimum atomic E-state index is -0.367. The summed E-state index contributed by atoms with van der Waals surface area (Å²) in [4.78, 5) is 27.0. The maximum atomic E-state index is 12.6. The minimum Gasteiger partial charge on any atom is -0.394 e. The van der Waals surface area contributed by atoms with Gasteiger partial charge in [-0.25, -0.2) is 0 Å². The van der Waals surface area contributed by atoms with E-state index >= 15 is 0 Å². The number of thioether (sulfide) groups is 1. The van der Waals surface area contributed by atoms with Gasteiger partial charge in [0.2, 0.25) is 5.91 Å². The summed E-state index contributed by atoms with van der Waals surface area (Å²) >= 11 is 6.56. The molecule has 2 aromatic rings. The second kappa shape index (κ2) is 10.3. The summed E-state index contributed by atoms with van der Waals surface area (Å²) in [7, 11) is 0. The highest BCUT2D eigenvalue weighted by molar-refractivity contribution is 8.26. The number of rotatable bonds is 8. The zero-order valence-electron chi connectivity index (χ0n) is 15.8. The summed E-state index contributed by atoms with van der Waals surface area (Å²) in [6, 6.07) is 18.9. The number of benzene rings is 2. The molecule has 1 atom stereocenters. The van der Waals surface area contributed by atoms with E-state index in [1.165, 1.54) is 16.7 Å². The lowest BCUT2D eigenvalue weighted by Gasteiger charge is -2.18. The Morgan fingerprint density at radius 3 is 2.45 bits per heavy atom. The third kappa shape index (κ3) is 6.00. The van der Waals surface area contributed by atoms with Crippen molar-refractivity contribution in [1.82, 2.24) is 10.2 Å². The molecule has 0 radical (unpaired) electrons. The van der Waals surface area contributed by atoms with Gasteiger partial charge >= 0.3 is 0 Å². The van der Waals surface area contributed by atoms with Crippen LogP contribution in [-0.4, -0.2) is 45.3 Å². The monoisotopic (exact) mass is 426 g/mol. The van der Waals surface area contributed by atoms with Gasteiger partial charge in [0.15, 0.2) is 0 Å². The third-order valence-electron chi connectivity index (χ3n) is 4.44. The maximum Gasteiger partial charge on any atom is 0.266 e. The molecule has 0 saturated carbocycles. The molecule has 1 fully saturated rings. The zero-order chi connectivity index (χ0) is 20.6. The molecule has 1 heterocycles. The number of nitrogens with one attached hydrogen (secondary N) is 1. The Morgan fingerprint density at radius 1 is 1.14 bits per heavy atom.